The summed E-state index contributed by atoms with van der Waals surface area (Å²) >= 11 is 3.14. The molecule has 0 spiro atoms. The van der Waals surface area contributed by atoms with Crippen molar-refractivity contribution >= 4 is 21.7 Å². The standard InChI is InChI=1S/C8H14BrNO3/c1-10(2)5-6(9)7(11)8(12-3)13-4/h5,8H,1-4H3/b6-5-. The van der Waals surface area contributed by atoms with Crippen molar-refractivity contribution in [3.8, 4) is 0 Å². The lowest BCUT2D eigenvalue weighted by atomic mass is 10.3. The molecule has 0 bridgehead atoms. The second kappa shape index (κ2) is 6.12. The van der Waals surface area contributed by atoms with Crippen LogP contribution in [0.2, 0.25) is 0 Å². The SMILES string of the molecule is COC(OC)C(=O)/C(Br)=C/N(C)C. The average molecular weight is 252 g/mol. The number of methoxy groups -OCH3 is 2. The van der Waals surface area contributed by atoms with Gasteiger partial charge >= 0.3 is 0 Å². The monoisotopic (exact) mass is 251 g/mol. The van der Waals surface area contributed by atoms with Gasteiger partial charge in [0.15, 0.2) is 0 Å². The summed E-state index contributed by atoms with van der Waals surface area (Å²) in [5, 5.41) is 0. The van der Waals surface area contributed by atoms with Crippen LogP contribution in [0, 0.1) is 0 Å². The summed E-state index contributed by atoms with van der Waals surface area (Å²) in [4.78, 5) is 13.2. The number of carbonyl (C=O) groups excluding carboxylic acids is 1. The molecule has 5 heteroatoms. The van der Waals surface area contributed by atoms with Gasteiger partial charge in [0.2, 0.25) is 12.1 Å². The van der Waals surface area contributed by atoms with Gasteiger partial charge in [-0.2, -0.15) is 0 Å². The number of carbonyl (C=O) groups is 1. The van der Waals surface area contributed by atoms with Crippen LogP contribution in [0.25, 0.3) is 0 Å². The topological polar surface area (TPSA) is 38.8 Å². The van der Waals surface area contributed by atoms with Gasteiger partial charge in [0.1, 0.15) is 0 Å². The van der Waals surface area contributed by atoms with Crippen molar-refractivity contribution in [1.82, 2.24) is 4.90 Å². The highest BCUT2D eigenvalue weighted by Crippen LogP contribution is 2.11. The average Bonchev–Trinajstić information content (AvgIpc) is 2.05. The van der Waals surface area contributed by atoms with Crippen LogP contribution in [-0.4, -0.2) is 45.3 Å². The molecule has 0 radical (unpaired) electrons. The van der Waals surface area contributed by atoms with Crippen molar-refractivity contribution in [3.05, 3.63) is 10.7 Å². The highest BCUT2D eigenvalue weighted by Gasteiger charge is 2.19. The summed E-state index contributed by atoms with van der Waals surface area (Å²) in [6.07, 6.45) is 0.804. The summed E-state index contributed by atoms with van der Waals surface area (Å²) < 4.78 is 10.0. The van der Waals surface area contributed by atoms with Crippen molar-refractivity contribution in [1.29, 1.82) is 0 Å². The molecule has 0 aromatic rings. The number of nitrogens with zero attached hydrogens (tertiary/aromatic N) is 1. The molecule has 0 heterocycles. The summed E-state index contributed by atoms with van der Waals surface area (Å²) in [5.41, 5.74) is 0. The summed E-state index contributed by atoms with van der Waals surface area (Å²) in [6.45, 7) is 0. The number of Topliss-reactive ketones (excluding diaryl/α,β-unsaturated/α-hetero) is 1. The van der Waals surface area contributed by atoms with E-state index in [1.165, 1.54) is 14.2 Å². The molecule has 0 aliphatic carbocycles. The molecule has 0 rings (SSSR count). The maximum atomic E-state index is 11.4. The maximum Gasteiger partial charge on any atom is 0.227 e. The van der Waals surface area contributed by atoms with Crippen LogP contribution in [0.1, 0.15) is 0 Å². The lowest BCUT2D eigenvalue weighted by Crippen LogP contribution is -2.25. The van der Waals surface area contributed by atoms with E-state index in [9.17, 15) is 4.79 Å². The van der Waals surface area contributed by atoms with Gasteiger partial charge < -0.3 is 14.4 Å². The normalized spacial score (nSPS) is 12.0. The zero-order chi connectivity index (χ0) is 10.4. The van der Waals surface area contributed by atoms with E-state index in [-0.39, 0.29) is 5.78 Å². The quantitative estimate of drug-likeness (QED) is 0.540. The Balaban J connectivity index is 4.40. The fourth-order valence-corrected chi connectivity index (χ4v) is 1.31. The number of hydrogen-bond acceptors (Lipinski definition) is 4. The Morgan fingerprint density at radius 3 is 2.15 bits per heavy atom. The molecular formula is C8H14BrNO3. The Hall–Kier alpha value is -0.390. The van der Waals surface area contributed by atoms with Crippen molar-refractivity contribution in [2.45, 2.75) is 6.29 Å². The van der Waals surface area contributed by atoms with Crippen LogP contribution < -0.4 is 0 Å². The van der Waals surface area contributed by atoms with E-state index in [1.54, 1.807) is 11.1 Å². The molecule has 0 amide bonds. The first kappa shape index (κ1) is 12.6. The van der Waals surface area contributed by atoms with Crippen LogP contribution >= 0.6 is 15.9 Å². The Kier molecular flexibility index (Phi) is 5.94. The number of ketones is 1. The predicted molar refractivity (Wildman–Crippen MR) is 53.5 cm³/mol. The van der Waals surface area contributed by atoms with Gasteiger partial charge in [-0.25, -0.2) is 0 Å². The van der Waals surface area contributed by atoms with E-state index in [0.29, 0.717) is 4.48 Å². The molecule has 0 fully saturated rings. The number of halogens is 1. The van der Waals surface area contributed by atoms with Crippen LogP contribution in [0.3, 0.4) is 0 Å². The zero-order valence-electron chi connectivity index (χ0n) is 8.20. The first-order valence-electron chi connectivity index (χ1n) is 3.66. The van der Waals surface area contributed by atoms with Gasteiger partial charge in [0.25, 0.3) is 0 Å². The molecule has 0 aromatic carbocycles. The Morgan fingerprint density at radius 1 is 1.38 bits per heavy atom. The minimum Gasteiger partial charge on any atom is -0.382 e. The maximum absolute atomic E-state index is 11.4. The van der Waals surface area contributed by atoms with E-state index in [2.05, 4.69) is 15.9 Å². The molecule has 0 aliphatic rings. The van der Waals surface area contributed by atoms with Crippen molar-refractivity contribution < 1.29 is 14.3 Å². The van der Waals surface area contributed by atoms with Gasteiger partial charge in [-0.3, -0.25) is 4.79 Å². The van der Waals surface area contributed by atoms with Crippen LogP contribution in [0.4, 0.5) is 0 Å². The largest absolute Gasteiger partial charge is 0.382 e. The molecule has 0 N–H and O–H groups in total. The van der Waals surface area contributed by atoms with Crippen LogP contribution in [0.15, 0.2) is 10.7 Å². The summed E-state index contributed by atoms with van der Waals surface area (Å²) in [6, 6.07) is 0. The Labute approximate surface area is 86.6 Å². The van der Waals surface area contributed by atoms with E-state index in [4.69, 9.17) is 9.47 Å². The van der Waals surface area contributed by atoms with E-state index in [1.807, 2.05) is 14.1 Å². The van der Waals surface area contributed by atoms with Gasteiger partial charge in [0.05, 0.1) is 4.48 Å². The molecule has 0 aliphatic heterocycles. The highest BCUT2D eigenvalue weighted by molar-refractivity contribution is 9.12. The minimum atomic E-state index is -0.842. The van der Waals surface area contributed by atoms with Crippen LogP contribution in [0.5, 0.6) is 0 Å². The van der Waals surface area contributed by atoms with Gasteiger partial charge in [-0.15, -0.1) is 0 Å². The third-order valence-corrected chi connectivity index (χ3v) is 1.84. The lowest BCUT2D eigenvalue weighted by Gasteiger charge is -2.12. The number of ether oxygens (including phenoxy) is 2. The van der Waals surface area contributed by atoms with Gasteiger partial charge in [-0.1, -0.05) is 0 Å². The molecule has 0 saturated carbocycles. The van der Waals surface area contributed by atoms with E-state index < -0.39 is 6.29 Å². The third kappa shape index (κ3) is 4.40. The van der Waals surface area contributed by atoms with Gasteiger partial charge in [0, 0.05) is 34.5 Å². The first-order valence-corrected chi connectivity index (χ1v) is 4.45. The summed E-state index contributed by atoms with van der Waals surface area (Å²) in [5.74, 6) is -0.237. The number of hydrogen-bond donors (Lipinski definition) is 0. The minimum absolute atomic E-state index is 0.237. The van der Waals surface area contributed by atoms with Gasteiger partial charge in [-0.05, 0) is 15.9 Å². The van der Waals surface area contributed by atoms with E-state index in [0.717, 1.165) is 0 Å². The third-order valence-electron chi connectivity index (χ3n) is 1.25. The molecule has 0 atom stereocenters. The summed E-state index contributed by atoms with van der Waals surface area (Å²) in [7, 11) is 6.48. The first-order chi connectivity index (χ1) is 6.02. The second-order valence-corrected chi connectivity index (χ2v) is 3.46. The molecule has 0 saturated heterocycles. The molecule has 13 heavy (non-hydrogen) atoms. The molecular weight excluding hydrogens is 238 g/mol. The molecule has 4 nitrogen and oxygen atoms in total. The molecule has 0 unspecified atom stereocenters. The fraction of sp³-hybridized carbons (Fsp3) is 0.625. The van der Waals surface area contributed by atoms with Crippen molar-refractivity contribution in [2.75, 3.05) is 28.3 Å². The predicted octanol–water partition coefficient (Wildman–Crippen LogP) is 0.972. The van der Waals surface area contributed by atoms with Crippen molar-refractivity contribution in [2.24, 2.45) is 0 Å². The lowest BCUT2D eigenvalue weighted by molar-refractivity contribution is -0.151. The number of rotatable bonds is 5. The Bertz CT molecular complexity index is 200. The fourth-order valence-electron chi connectivity index (χ4n) is 0.713. The smallest absolute Gasteiger partial charge is 0.227 e. The van der Waals surface area contributed by atoms with Crippen LogP contribution in [-0.2, 0) is 14.3 Å². The highest BCUT2D eigenvalue weighted by atomic mass is 79.9. The molecule has 76 valence electrons. The zero-order valence-corrected chi connectivity index (χ0v) is 9.79. The van der Waals surface area contributed by atoms with E-state index >= 15 is 0 Å². The second-order valence-electron chi connectivity index (χ2n) is 2.61. The Morgan fingerprint density at radius 2 is 1.85 bits per heavy atom. The molecule has 0 aromatic heterocycles. The van der Waals surface area contributed by atoms with Crippen molar-refractivity contribution in [3.63, 3.8) is 0 Å².